The second-order valence-electron chi connectivity index (χ2n) is 5.63. The third-order valence-corrected chi connectivity index (χ3v) is 3.74. The summed E-state index contributed by atoms with van der Waals surface area (Å²) in [6.07, 6.45) is -1.66. The Balaban J connectivity index is 2.12. The minimum absolute atomic E-state index is 0.125. The van der Waals surface area contributed by atoms with Crippen molar-refractivity contribution in [1.29, 1.82) is 0 Å². The molecule has 0 aromatic heterocycles. The van der Waals surface area contributed by atoms with Gasteiger partial charge in [0.25, 0.3) is 0 Å². The number of hydrogen-bond acceptors (Lipinski definition) is 4. The van der Waals surface area contributed by atoms with Gasteiger partial charge in [-0.25, -0.2) is 0 Å². The van der Waals surface area contributed by atoms with Gasteiger partial charge < -0.3 is 14.7 Å². The van der Waals surface area contributed by atoms with Crippen LogP contribution in [0.3, 0.4) is 0 Å². The number of rotatable bonds is 6. The van der Waals surface area contributed by atoms with Crippen LogP contribution in [-0.2, 0) is 6.18 Å². The van der Waals surface area contributed by atoms with Crippen molar-refractivity contribution < 1.29 is 27.9 Å². The molecular formula is C16H22F3NO3. The Bertz CT molecular complexity index is 500. The van der Waals surface area contributed by atoms with Crippen molar-refractivity contribution in [3.63, 3.8) is 0 Å². The summed E-state index contributed by atoms with van der Waals surface area (Å²) in [5.74, 6) is 0.449. The van der Waals surface area contributed by atoms with Gasteiger partial charge in [0, 0.05) is 13.1 Å². The number of unbranched alkanes of at least 4 members (excludes halogenated alkanes) is 1. The third kappa shape index (κ3) is 5.28. The van der Waals surface area contributed by atoms with E-state index in [-0.39, 0.29) is 11.9 Å². The monoisotopic (exact) mass is 333 g/mol. The SMILES string of the molecule is CCCCOc1cc(C(F)(F)F)ccc1OC1CCN(O)CC1. The first-order chi connectivity index (χ1) is 10.9. The maximum atomic E-state index is 12.9. The first kappa shape index (κ1) is 17.9. The molecule has 130 valence electrons. The van der Waals surface area contributed by atoms with E-state index in [1.807, 2.05) is 6.92 Å². The summed E-state index contributed by atoms with van der Waals surface area (Å²) in [7, 11) is 0. The average molecular weight is 333 g/mol. The molecule has 0 saturated carbocycles. The van der Waals surface area contributed by atoms with Crippen molar-refractivity contribution in [2.24, 2.45) is 0 Å². The summed E-state index contributed by atoms with van der Waals surface area (Å²) in [5.41, 5.74) is -0.749. The Morgan fingerprint density at radius 1 is 1.22 bits per heavy atom. The van der Waals surface area contributed by atoms with Gasteiger partial charge in [0.05, 0.1) is 12.2 Å². The zero-order valence-corrected chi connectivity index (χ0v) is 13.1. The lowest BCUT2D eigenvalue weighted by Crippen LogP contribution is -2.36. The van der Waals surface area contributed by atoms with Gasteiger partial charge in [-0.2, -0.15) is 18.2 Å². The average Bonchev–Trinajstić information content (AvgIpc) is 2.50. The van der Waals surface area contributed by atoms with E-state index in [1.54, 1.807) is 0 Å². The standard InChI is InChI=1S/C16H22F3NO3/c1-2-3-10-22-15-11-12(16(17,18)19)4-5-14(15)23-13-6-8-20(21)9-7-13/h4-5,11,13,21H,2-3,6-10H2,1H3. The molecule has 2 rings (SSSR count). The molecule has 0 aliphatic carbocycles. The van der Waals surface area contributed by atoms with E-state index in [2.05, 4.69) is 0 Å². The molecule has 1 fully saturated rings. The number of benzene rings is 1. The predicted octanol–water partition coefficient (Wildman–Crippen LogP) is 4.12. The molecule has 0 bridgehead atoms. The highest BCUT2D eigenvalue weighted by molar-refractivity contribution is 5.44. The van der Waals surface area contributed by atoms with Gasteiger partial charge in [-0.05, 0) is 37.5 Å². The molecule has 1 heterocycles. The summed E-state index contributed by atoms with van der Waals surface area (Å²) in [5, 5.41) is 10.6. The van der Waals surface area contributed by atoms with E-state index in [0.29, 0.717) is 38.3 Å². The zero-order chi connectivity index (χ0) is 16.9. The molecule has 0 amide bonds. The number of halogens is 3. The van der Waals surface area contributed by atoms with Gasteiger partial charge in [0.15, 0.2) is 11.5 Å². The molecule has 1 aliphatic rings. The van der Waals surface area contributed by atoms with E-state index < -0.39 is 11.7 Å². The van der Waals surface area contributed by atoms with Crippen LogP contribution in [0.1, 0.15) is 38.2 Å². The lowest BCUT2D eigenvalue weighted by Gasteiger charge is -2.28. The molecule has 1 aliphatic heterocycles. The molecule has 0 radical (unpaired) electrons. The second-order valence-corrected chi connectivity index (χ2v) is 5.63. The summed E-state index contributed by atoms with van der Waals surface area (Å²) in [4.78, 5) is 0. The van der Waals surface area contributed by atoms with Crippen LogP contribution in [-0.4, -0.2) is 36.1 Å². The van der Waals surface area contributed by atoms with Gasteiger partial charge in [-0.1, -0.05) is 13.3 Å². The van der Waals surface area contributed by atoms with E-state index in [4.69, 9.17) is 9.47 Å². The normalized spacial score (nSPS) is 17.3. The quantitative estimate of drug-likeness (QED) is 0.795. The molecule has 7 heteroatoms. The molecule has 0 atom stereocenters. The number of hydroxylamine groups is 2. The van der Waals surface area contributed by atoms with Crippen LogP contribution in [0.15, 0.2) is 18.2 Å². The minimum Gasteiger partial charge on any atom is -0.490 e. The minimum atomic E-state index is -4.41. The van der Waals surface area contributed by atoms with E-state index in [0.717, 1.165) is 25.0 Å². The molecular weight excluding hydrogens is 311 g/mol. The van der Waals surface area contributed by atoms with Crippen molar-refractivity contribution in [2.45, 2.75) is 44.9 Å². The topological polar surface area (TPSA) is 41.9 Å². The summed E-state index contributed by atoms with van der Waals surface area (Å²) >= 11 is 0. The van der Waals surface area contributed by atoms with Crippen molar-refractivity contribution in [3.05, 3.63) is 23.8 Å². The van der Waals surface area contributed by atoms with Gasteiger partial charge >= 0.3 is 6.18 Å². The van der Waals surface area contributed by atoms with Gasteiger partial charge in [0.1, 0.15) is 6.10 Å². The van der Waals surface area contributed by atoms with Crippen LogP contribution < -0.4 is 9.47 Å². The number of piperidine rings is 1. The fourth-order valence-electron chi connectivity index (χ4n) is 2.36. The Labute approximate surface area is 133 Å². The fourth-order valence-corrected chi connectivity index (χ4v) is 2.36. The third-order valence-electron chi connectivity index (χ3n) is 3.74. The molecule has 0 unspecified atom stereocenters. The van der Waals surface area contributed by atoms with Crippen molar-refractivity contribution in [3.8, 4) is 11.5 Å². The lowest BCUT2D eigenvalue weighted by molar-refractivity contribution is -0.137. The Morgan fingerprint density at radius 2 is 1.91 bits per heavy atom. The summed E-state index contributed by atoms with van der Waals surface area (Å²) in [6.45, 7) is 3.30. The van der Waals surface area contributed by atoms with Gasteiger partial charge in [-0.3, -0.25) is 0 Å². The first-order valence-electron chi connectivity index (χ1n) is 7.84. The number of ether oxygens (including phenoxy) is 2. The van der Waals surface area contributed by atoms with Crippen LogP contribution in [0, 0.1) is 0 Å². The molecule has 1 saturated heterocycles. The van der Waals surface area contributed by atoms with E-state index in [1.165, 1.54) is 11.1 Å². The number of alkyl halides is 3. The van der Waals surface area contributed by atoms with Gasteiger partial charge in [0.2, 0.25) is 0 Å². The number of hydrogen-bond donors (Lipinski definition) is 1. The molecule has 1 aromatic rings. The maximum Gasteiger partial charge on any atom is 0.416 e. The lowest BCUT2D eigenvalue weighted by atomic mass is 10.1. The van der Waals surface area contributed by atoms with Crippen LogP contribution in [0.2, 0.25) is 0 Å². The Morgan fingerprint density at radius 3 is 2.52 bits per heavy atom. The zero-order valence-electron chi connectivity index (χ0n) is 13.1. The van der Waals surface area contributed by atoms with Crippen LogP contribution in [0.4, 0.5) is 13.2 Å². The van der Waals surface area contributed by atoms with Crippen LogP contribution in [0.5, 0.6) is 11.5 Å². The molecule has 23 heavy (non-hydrogen) atoms. The predicted molar refractivity (Wildman–Crippen MR) is 78.9 cm³/mol. The highest BCUT2D eigenvalue weighted by Gasteiger charge is 2.32. The van der Waals surface area contributed by atoms with E-state index >= 15 is 0 Å². The highest BCUT2D eigenvalue weighted by Crippen LogP contribution is 2.37. The molecule has 4 nitrogen and oxygen atoms in total. The van der Waals surface area contributed by atoms with Crippen LogP contribution in [0.25, 0.3) is 0 Å². The second kappa shape index (κ2) is 7.88. The molecule has 1 aromatic carbocycles. The maximum absolute atomic E-state index is 12.9. The Kier molecular flexibility index (Phi) is 6.12. The molecule has 0 spiro atoms. The highest BCUT2D eigenvalue weighted by atomic mass is 19.4. The van der Waals surface area contributed by atoms with Gasteiger partial charge in [-0.15, -0.1) is 0 Å². The Hall–Kier alpha value is -1.47. The smallest absolute Gasteiger partial charge is 0.416 e. The van der Waals surface area contributed by atoms with Crippen LogP contribution >= 0.6 is 0 Å². The molecule has 1 N–H and O–H groups in total. The van der Waals surface area contributed by atoms with E-state index in [9.17, 15) is 18.4 Å². The van der Waals surface area contributed by atoms with Crippen molar-refractivity contribution >= 4 is 0 Å². The van der Waals surface area contributed by atoms with Crippen molar-refractivity contribution in [1.82, 2.24) is 5.06 Å². The fraction of sp³-hybridized carbons (Fsp3) is 0.625. The summed E-state index contributed by atoms with van der Waals surface area (Å²) < 4.78 is 49.9. The first-order valence-corrected chi connectivity index (χ1v) is 7.84. The number of nitrogens with zero attached hydrogens (tertiary/aromatic N) is 1. The van der Waals surface area contributed by atoms with Crippen molar-refractivity contribution in [2.75, 3.05) is 19.7 Å². The summed E-state index contributed by atoms with van der Waals surface area (Å²) in [6, 6.07) is 3.31. The largest absolute Gasteiger partial charge is 0.490 e.